The highest BCUT2D eigenvalue weighted by Crippen LogP contribution is 2.38. The summed E-state index contributed by atoms with van der Waals surface area (Å²) in [6, 6.07) is 6.15. The van der Waals surface area contributed by atoms with Crippen LogP contribution in [0.2, 0.25) is 0 Å². The minimum Gasteiger partial charge on any atom is -0.444 e. The predicted octanol–water partition coefficient (Wildman–Crippen LogP) is 2.58. The van der Waals surface area contributed by atoms with Gasteiger partial charge in [0, 0.05) is 31.2 Å². The molecule has 1 aromatic rings. The molecule has 5 atom stereocenters. The van der Waals surface area contributed by atoms with E-state index in [4.69, 9.17) is 4.74 Å². The predicted molar refractivity (Wildman–Crippen MR) is 129 cm³/mol. The van der Waals surface area contributed by atoms with Crippen LogP contribution in [0.25, 0.3) is 0 Å². The molecule has 4 rings (SSSR count). The quantitative estimate of drug-likeness (QED) is 0.645. The molecule has 0 aliphatic carbocycles. The number of ether oxygens (including phenoxy) is 1. The number of likely N-dealkylation sites (tertiary alicyclic amines) is 3. The Labute approximate surface area is 211 Å². The Balaban J connectivity index is 1.49. The molecule has 0 saturated carbocycles. The van der Waals surface area contributed by atoms with E-state index in [0.717, 1.165) is 6.42 Å². The molecule has 3 aliphatic heterocycles. The van der Waals surface area contributed by atoms with Crippen molar-refractivity contribution in [3.05, 3.63) is 35.6 Å². The van der Waals surface area contributed by atoms with Gasteiger partial charge in [-0.25, -0.2) is 9.18 Å². The molecule has 1 aromatic carbocycles. The van der Waals surface area contributed by atoms with E-state index in [2.05, 4.69) is 11.4 Å². The Bertz CT molecular complexity index is 1070. The maximum Gasteiger partial charge on any atom is 0.408 e. The first kappa shape index (κ1) is 25.9. The Hall–Kier alpha value is -3.19. The molecule has 0 aromatic heterocycles. The zero-order valence-corrected chi connectivity index (χ0v) is 21.2. The van der Waals surface area contributed by atoms with Crippen molar-refractivity contribution in [2.45, 2.75) is 82.8 Å². The number of amides is 3. The first-order valence-corrected chi connectivity index (χ1v) is 12.5. The van der Waals surface area contributed by atoms with Crippen LogP contribution in [-0.4, -0.2) is 82.0 Å². The second-order valence-electron chi connectivity index (χ2n) is 10.8. The topological polar surface area (TPSA) is 106 Å². The number of carbonyl (C=O) groups is 3. The zero-order valence-electron chi connectivity index (χ0n) is 21.2. The van der Waals surface area contributed by atoms with Crippen LogP contribution >= 0.6 is 0 Å². The summed E-state index contributed by atoms with van der Waals surface area (Å²) in [5, 5.41) is 12.1. The average molecular weight is 500 g/mol. The Morgan fingerprint density at radius 2 is 2.03 bits per heavy atom. The first-order valence-electron chi connectivity index (χ1n) is 12.5. The monoisotopic (exact) mass is 499 g/mol. The van der Waals surface area contributed by atoms with E-state index in [0.29, 0.717) is 31.5 Å². The van der Waals surface area contributed by atoms with E-state index in [1.807, 2.05) is 11.8 Å². The van der Waals surface area contributed by atoms with E-state index in [-0.39, 0.29) is 30.2 Å². The molecule has 1 unspecified atom stereocenters. The number of nitrogens with one attached hydrogen (secondary N) is 1. The van der Waals surface area contributed by atoms with Gasteiger partial charge in [0.05, 0.1) is 18.2 Å². The van der Waals surface area contributed by atoms with Gasteiger partial charge in [-0.15, -0.1) is 0 Å². The number of nitriles is 1. The van der Waals surface area contributed by atoms with Gasteiger partial charge in [-0.1, -0.05) is 18.2 Å². The number of alkyl carbamates (subject to hydrolysis) is 1. The summed E-state index contributed by atoms with van der Waals surface area (Å²) in [7, 11) is 0. The fourth-order valence-electron chi connectivity index (χ4n) is 5.60. The van der Waals surface area contributed by atoms with Crippen LogP contribution in [0, 0.1) is 17.1 Å². The molecule has 3 aliphatic rings. The number of rotatable bonds is 6. The number of piperazine rings is 1. The molecule has 194 valence electrons. The summed E-state index contributed by atoms with van der Waals surface area (Å²) in [4.78, 5) is 44.5. The van der Waals surface area contributed by atoms with Crippen LogP contribution in [0.5, 0.6) is 0 Å². The highest BCUT2D eigenvalue weighted by atomic mass is 19.1. The van der Waals surface area contributed by atoms with Crippen LogP contribution in [0.3, 0.4) is 0 Å². The van der Waals surface area contributed by atoms with Crippen molar-refractivity contribution in [1.29, 1.82) is 5.26 Å². The van der Waals surface area contributed by atoms with Crippen LogP contribution in [0.1, 0.15) is 58.6 Å². The standard InChI is InChI=1S/C26H34FN5O4/c1-16(19-9-5-6-10-20(19)27)32-18-12-22(24(32)34)30(14-18)15-21(29-25(35)36-26(2,3)4)23(33)31-11-7-8-17(31)13-28/h5-6,9-10,16-18,21-22H,7-8,11-12,14-15H2,1-4H3,(H,29,35)/t16-,17+,18?,21+,22+/m1/s1. The van der Waals surface area contributed by atoms with Gasteiger partial charge < -0.3 is 19.9 Å². The third-order valence-corrected chi connectivity index (χ3v) is 7.18. The van der Waals surface area contributed by atoms with Gasteiger partial charge in [-0.3, -0.25) is 14.5 Å². The fraction of sp³-hybridized carbons (Fsp3) is 0.615. The highest BCUT2D eigenvalue weighted by Gasteiger charge is 2.52. The fourth-order valence-corrected chi connectivity index (χ4v) is 5.60. The molecule has 9 nitrogen and oxygen atoms in total. The maximum atomic E-state index is 14.4. The number of carbonyl (C=O) groups excluding carboxylic acids is 3. The lowest BCUT2D eigenvalue weighted by Crippen LogP contribution is -2.59. The summed E-state index contributed by atoms with van der Waals surface area (Å²) in [6.07, 6.45) is 1.17. The average Bonchev–Trinajstić information content (AvgIpc) is 3.51. The summed E-state index contributed by atoms with van der Waals surface area (Å²) < 4.78 is 19.8. The first-order chi connectivity index (χ1) is 17.0. The minimum atomic E-state index is -0.960. The van der Waals surface area contributed by atoms with E-state index in [9.17, 15) is 24.0 Å². The van der Waals surface area contributed by atoms with Crippen LogP contribution in [0.15, 0.2) is 24.3 Å². The largest absolute Gasteiger partial charge is 0.444 e. The Kier molecular flexibility index (Phi) is 7.23. The van der Waals surface area contributed by atoms with Crippen LogP contribution < -0.4 is 5.32 Å². The second kappa shape index (κ2) is 10.1. The van der Waals surface area contributed by atoms with Crippen LogP contribution in [0.4, 0.5) is 9.18 Å². The molecule has 36 heavy (non-hydrogen) atoms. The van der Waals surface area contributed by atoms with Crippen molar-refractivity contribution in [2.75, 3.05) is 19.6 Å². The van der Waals surface area contributed by atoms with Gasteiger partial charge in [0.1, 0.15) is 23.5 Å². The molecule has 0 spiro atoms. The van der Waals surface area contributed by atoms with E-state index < -0.39 is 35.9 Å². The van der Waals surface area contributed by atoms with Crippen LogP contribution in [-0.2, 0) is 14.3 Å². The van der Waals surface area contributed by atoms with Crippen molar-refractivity contribution in [2.24, 2.45) is 0 Å². The summed E-state index contributed by atoms with van der Waals surface area (Å²) in [5.74, 6) is -0.805. The number of benzene rings is 1. The molecule has 2 bridgehead atoms. The molecular formula is C26H34FN5O4. The third-order valence-electron chi connectivity index (χ3n) is 7.18. The lowest BCUT2D eigenvalue weighted by Gasteiger charge is -2.39. The second-order valence-corrected chi connectivity index (χ2v) is 10.8. The number of halogens is 1. The van der Waals surface area contributed by atoms with Crippen molar-refractivity contribution in [1.82, 2.24) is 20.0 Å². The zero-order chi connectivity index (χ0) is 26.2. The van der Waals surface area contributed by atoms with E-state index >= 15 is 0 Å². The smallest absolute Gasteiger partial charge is 0.408 e. The van der Waals surface area contributed by atoms with Crippen molar-refractivity contribution in [3.8, 4) is 6.07 Å². The molecule has 3 amide bonds. The Morgan fingerprint density at radius 3 is 2.67 bits per heavy atom. The molecular weight excluding hydrogens is 465 g/mol. The summed E-state index contributed by atoms with van der Waals surface area (Å²) in [6.45, 7) is 8.12. The number of hydrogen-bond acceptors (Lipinski definition) is 6. The summed E-state index contributed by atoms with van der Waals surface area (Å²) >= 11 is 0. The number of fused-ring (bicyclic) bond motifs is 2. The highest BCUT2D eigenvalue weighted by molar-refractivity contribution is 5.88. The van der Waals surface area contributed by atoms with Gasteiger partial charge in [0.25, 0.3) is 0 Å². The molecule has 10 heteroatoms. The SMILES string of the molecule is C[C@H](c1ccccc1F)N1C(=O)[C@@H]2CC1CN2C[C@H](NC(=O)OC(C)(C)C)C(=O)N1CCC[C@H]1C#N. The van der Waals surface area contributed by atoms with Gasteiger partial charge in [-0.05, 0) is 53.0 Å². The third kappa shape index (κ3) is 5.16. The molecule has 3 heterocycles. The number of hydrogen-bond donors (Lipinski definition) is 1. The lowest BCUT2D eigenvalue weighted by molar-refractivity contribution is -0.141. The normalized spacial score (nSPS) is 25.6. The van der Waals surface area contributed by atoms with Crippen molar-refractivity contribution >= 4 is 17.9 Å². The van der Waals surface area contributed by atoms with Gasteiger partial charge in [0.2, 0.25) is 11.8 Å². The molecule has 3 fully saturated rings. The lowest BCUT2D eigenvalue weighted by atomic mass is 10.0. The summed E-state index contributed by atoms with van der Waals surface area (Å²) in [5.41, 5.74) is -0.270. The van der Waals surface area contributed by atoms with Gasteiger partial charge in [-0.2, -0.15) is 5.26 Å². The van der Waals surface area contributed by atoms with Gasteiger partial charge in [0.15, 0.2) is 0 Å². The minimum absolute atomic E-state index is 0.110. The van der Waals surface area contributed by atoms with E-state index in [1.54, 1.807) is 43.9 Å². The van der Waals surface area contributed by atoms with Gasteiger partial charge >= 0.3 is 6.09 Å². The molecule has 1 N–H and O–H groups in total. The maximum absolute atomic E-state index is 14.4. The van der Waals surface area contributed by atoms with Crippen molar-refractivity contribution in [3.63, 3.8) is 0 Å². The Morgan fingerprint density at radius 1 is 1.31 bits per heavy atom. The number of nitrogens with zero attached hydrogens (tertiary/aromatic N) is 4. The molecule has 0 radical (unpaired) electrons. The molecule has 3 saturated heterocycles. The van der Waals surface area contributed by atoms with Crippen molar-refractivity contribution < 1.29 is 23.5 Å². The van der Waals surface area contributed by atoms with E-state index in [1.165, 1.54) is 11.0 Å².